The third kappa shape index (κ3) is 4.29. The number of rotatable bonds is 7. The summed E-state index contributed by atoms with van der Waals surface area (Å²) in [7, 11) is 3.70. The summed E-state index contributed by atoms with van der Waals surface area (Å²) >= 11 is 1.44. The Morgan fingerprint density at radius 2 is 1.53 bits per heavy atom. The minimum atomic E-state index is -1.55. The average molecular weight is 603 g/mol. The Labute approximate surface area is 251 Å². The van der Waals surface area contributed by atoms with Crippen LogP contribution in [0.5, 0.6) is 0 Å². The van der Waals surface area contributed by atoms with Gasteiger partial charge in [-0.05, 0) is 53.1 Å². The number of benzene rings is 2. The zero-order valence-corrected chi connectivity index (χ0v) is 24.6. The first-order valence-corrected chi connectivity index (χ1v) is 14.7. The fourth-order valence-electron chi connectivity index (χ4n) is 7.06. The van der Waals surface area contributed by atoms with Gasteiger partial charge >= 0.3 is 17.9 Å². The normalized spacial score (nSPS) is 25.3. The molecule has 1 aliphatic carbocycles. The molecule has 0 spiro atoms. The van der Waals surface area contributed by atoms with E-state index < -0.39 is 58.6 Å². The fraction of sp³-hybridized carbons (Fsp3) is 0.344. The maximum Gasteiger partial charge on any atom is 0.327 e. The Morgan fingerprint density at radius 3 is 2.16 bits per heavy atom. The van der Waals surface area contributed by atoms with Crippen LogP contribution in [0.25, 0.3) is 0 Å². The molecule has 2 aliphatic heterocycles. The quantitative estimate of drug-likeness (QED) is 0.188. The largest absolute Gasteiger partial charge is 0.468 e. The smallest absolute Gasteiger partial charge is 0.327 e. The van der Waals surface area contributed by atoms with Crippen molar-refractivity contribution in [3.8, 4) is 0 Å². The molecule has 0 radical (unpaired) electrons. The number of amides is 2. The summed E-state index contributed by atoms with van der Waals surface area (Å²) in [6.45, 7) is 0. The second-order valence-electron chi connectivity index (χ2n) is 11.1. The van der Waals surface area contributed by atoms with Gasteiger partial charge in [0.25, 0.3) is 0 Å². The van der Waals surface area contributed by atoms with E-state index in [2.05, 4.69) is 5.32 Å². The van der Waals surface area contributed by atoms with E-state index in [-0.39, 0.29) is 19.3 Å². The third-order valence-corrected chi connectivity index (χ3v) is 9.92. The molecule has 0 saturated carbocycles. The summed E-state index contributed by atoms with van der Waals surface area (Å²) in [6, 6.07) is 17.4. The van der Waals surface area contributed by atoms with E-state index in [1.165, 1.54) is 32.7 Å². The van der Waals surface area contributed by atoms with Gasteiger partial charge in [-0.15, -0.1) is 11.3 Å². The second-order valence-corrected chi connectivity index (χ2v) is 12.1. The number of fused-ring (bicyclic) bond motifs is 2. The number of esters is 3. The summed E-state index contributed by atoms with van der Waals surface area (Å²) < 4.78 is 15.2. The maximum atomic E-state index is 14.4. The van der Waals surface area contributed by atoms with E-state index >= 15 is 0 Å². The molecule has 10 nitrogen and oxygen atoms in total. The fourth-order valence-corrected chi connectivity index (χ4v) is 7.88. The van der Waals surface area contributed by atoms with Crippen LogP contribution in [0, 0.1) is 17.3 Å². The molecular formula is C32H30N2O8S. The minimum Gasteiger partial charge on any atom is -0.468 e. The Balaban J connectivity index is 1.43. The van der Waals surface area contributed by atoms with Crippen molar-refractivity contribution in [2.75, 3.05) is 26.2 Å². The van der Waals surface area contributed by atoms with E-state index in [1.807, 2.05) is 47.8 Å². The van der Waals surface area contributed by atoms with E-state index in [4.69, 9.17) is 14.2 Å². The molecule has 3 aromatic rings. The molecule has 6 rings (SSSR count). The van der Waals surface area contributed by atoms with Crippen molar-refractivity contribution in [1.82, 2.24) is 5.32 Å². The number of imide groups is 1. The Hall–Kier alpha value is -4.35. The summed E-state index contributed by atoms with van der Waals surface area (Å²) in [5.41, 5.74) is -0.601. The number of ether oxygens (including phenoxy) is 3. The number of carbonyl (C=O) groups excluding carboxylic acids is 5. The topological polar surface area (TPSA) is 128 Å². The molecule has 4 atom stereocenters. The van der Waals surface area contributed by atoms with Crippen LogP contribution in [0.15, 0.2) is 66.0 Å². The highest BCUT2D eigenvalue weighted by Gasteiger charge is 2.69. The van der Waals surface area contributed by atoms with E-state index in [1.54, 1.807) is 18.2 Å². The van der Waals surface area contributed by atoms with Crippen molar-refractivity contribution in [1.29, 1.82) is 0 Å². The number of methoxy groups -OCH3 is 3. The predicted octanol–water partition coefficient (Wildman–Crippen LogP) is 2.78. The highest BCUT2D eigenvalue weighted by Crippen LogP contribution is 2.52. The first kappa shape index (κ1) is 28.8. The predicted molar refractivity (Wildman–Crippen MR) is 155 cm³/mol. The Morgan fingerprint density at radius 1 is 0.860 bits per heavy atom. The molecule has 3 heterocycles. The zero-order valence-electron chi connectivity index (χ0n) is 23.8. The molecule has 2 fully saturated rings. The average Bonchev–Trinajstić information content (AvgIpc) is 3.80. The highest BCUT2D eigenvalue weighted by atomic mass is 32.1. The van der Waals surface area contributed by atoms with Gasteiger partial charge in [-0.3, -0.25) is 29.3 Å². The van der Waals surface area contributed by atoms with Crippen LogP contribution in [0.1, 0.15) is 27.6 Å². The number of thiophene rings is 1. The molecule has 2 saturated heterocycles. The van der Waals surface area contributed by atoms with Gasteiger partial charge in [-0.2, -0.15) is 0 Å². The number of nitrogens with zero attached hydrogens (tertiary/aromatic N) is 1. The second kappa shape index (κ2) is 10.7. The maximum absolute atomic E-state index is 14.4. The van der Waals surface area contributed by atoms with Gasteiger partial charge in [0.05, 0.1) is 44.9 Å². The molecule has 1 N–H and O–H groups in total. The van der Waals surface area contributed by atoms with Crippen LogP contribution >= 0.6 is 11.3 Å². The van der Waals surface area contributed by atoms with Crippen molar-refractivity contribution >= 4 is 46.7 Å². The Kier molecular flexibility index (Phi) is 7.18. The molecule has 11 heteroatoms. The van der Waals surface area contributed by atoms with Gasteiger partial charge < -0.3 is 14.2 Å². The van der Waals surface area contributed by atoms with Crippen molar-refractivity contribution in [2.45, 2.75) is 30.8 Å². The zero-order chi connectivity index (χ0) is 30.5. The van der Waals surface area contributed by atoms with E-state index in [9.17, 15) is 24.0 Å². The summed E-state index contributed by atoms with van der Waals surface area (Å²) in [5, 5.41) is 5.28. The first-order chi connectivity index (χ1) is 20.7. The van der Waals surface area contributed by atoms with Crippen molar-refractivity contribution in [2.24, 2.45) is 17.3 Å². The monoisotopic (exact) mass is 602 g/mol. The van der Waals surface area contributed by atoms with Gasteiger partial charge in [0.2, 0.25) is 11.8 Å². The molecular weight excluding hydrogens is 572 g/mol. The van der Waals surface area contributed by atoms with Crippen LogP contribution in [0.4, 0.5) is 5.69 Å². The van der Waals surface area contributed by atoms with Crippen molar-refractivity contribution < 1.29 is 38.2 Å². The molecule has 3 aliphatic rings. The number of nitrogens with one attached hydrogen (secondary N) is 1. The molecule has 0 unspecified atom stereocenters. The van der Waals surface area contributed by atoms with E-state index in [0.717, 1.165) is 15.3 Å². The van der Waals surface area contributed by atoms with Gasteiger partial charge in [0.1, 0.15) is 5.54 Å². The molecule has 222 valence electrons. The van der Waals surface area contributed by atoms with Crippen molar-refractivity contribution in [3.05, 3.63) is 87.6 Å². The lowest BCUT2D eigenvalue weighted by atomic mass is 9.76. The molecule has 43 heavy (non-hydrogen) atoms. The first-order valence-electron chi connectivity index (χ1n) is 13.8. The SMILES string of the molecule is COC(=O)C1(C(=O)OC)Cc2ccc(N3C(=O)[C@H]4[C@@H](C3=O)[C@@](Cc3ccccc3)(C(=O)OC)N[C@H]4c3cccs3)cc2C1. The molecule has 2 amide bonds. The van der Waals surface area contributed by atoms with Gasteiger partial charge in [-0.1, -0.05) is 42.5 Å². The number of carbonyl (C=O) groups is 5. The Bertz CT molecular complexity index is 1610. The van der Waals surface area contributed by atoms with Gasteiger partial charge in [-0.25, -0.2) is 4.90 Å². The lowest BCUT2D eigenvalue weighted by Crippen LogP contribution is -2.57. The number of hydrogen-bond acceptors (Lipinski definition) is 10. The van der Waals surface area contributed by atoms with Crippen molar-refractivity contribution in [3.63, 3.8) is 0 Å². The summed E-state index contributed by atoms with van der Waals surface area (Å²) in [5.74, 6) is -4.92. The number of anilines is 1. The van der Waals surface area contributed by atoms with E-state index in [0.29, 0.717) is 16.8 Å². The standard InChI is InChI=1S/C32H30N2O8S/c1-40-28(37)31(29(38)41-2)16-19-11-12-21(14-20(19)17-31)34-26(35)23-24(27(34)36)32(30(39)42-3,15-18-8-5-4-6-9-18)33-25(23)22-10-7-13-43-22/h4-14,23-25,33H,15-17H2,1-3H3/t23-,24-,25-,32-/m0/s1. The highest BCUT2D eigenvalue weighted by molar-refractivity contribution is 7.10. The van der Waals surface area contributed by atoms with Crippen LogP contribution in [0.3, 0.4) is 0 Å². The van der Waals surface area contributed by atoms with Gasteiger partial charge in [0.15, 0.2) is 5.41 Å². The molecule has 1 aromatic heterocycles. The van der Waals surface area contributed by atoms with Gasteiger partial charge in [0, 0.05) is 11.3 Å². The van der Waals surface area contributed by atoms with Crippen LogP contribution < -0.4 is 10.2 Å². The minimum absolute atomic E-state index is 0.00191. The third-order valence-electron chi connectivity index (χ3n) is 8.96. The summed E-state index contributed by atoms with van der Waals surface area (Å²) in [4.78, 5) is 69.8. The lowest BCUT2D eigenvalue weighted by Gasteiger charge is -2.32. The number of hydrogen-bond donors (Lipinski definition) is 1. The molecule has 0 bridgehead atoms. The van der Waals surface area contributed by atoms with Crippen LogP contribution in [-0.2, 0) is 57.4 Å². The lowest BCUT2D eigenvalue weighted by molar-refractivity contribution is -0.168. The summed E-state index contributed by atoms with van der Waals surface area (Å²) in [6.07, 6.45) is 0.210. The van der Waals surface area contributed by atoms with Crippen LogP contribution in [0.2, 0.25) is 0 Å². The van der Waals surface area contributed by atoms with Crippen LogP contribution in [-0.4, -0.2) is 56.6 Å². The molecule has 2 aromatic carbocycles.